The van der Waals surface area contributed by atoms with Crippen molar-refractivity contribution >= 4 is 11.6 Å². The van der Waals surface area contributed by atoms with Crippen LogP contribution in [0.1, 0.15) is 25.5 Å². The average Bonchev–Trinajstić information content (AvgIpc) is 2.91. The molecule has 6 heteroatoms. The van der Waals surface area contributed by atoms with Crippen molar-refractivity contribution in [2.45, 2.75) is 25.9 Å². The minimum Gasteiger partial charge on any atom is -0.454 e. The van der Waals surface area contributed by atoms with Gasteiger partial charge in [-0.3, -0.25) is 4.90 Å². The summed E-state index contributed by atoms with van der Waals surface area (Å²) in [7, 11) is 1.70. The lowest BCUT2D eigenvalue weighted by Gasteiger charge is -2.34. The standard InChI is InChI=1S/C15H23ClN2O3/c1-10(2)18(4-5-19-3)13(8-17)11-6-12(16)15-14(7-11)20-9-21-15/h6-7,10,13H,4-5,8-9,17H2,1-3H3. The van der Waals surface area contributed by atoms with E-state index in [1.807, 2.05) is 12.1 Å². The van der Waals surface area contributed by atoms with Crippen molar-refractivity contribution in [3.8, 4) is 11.5 Å². The Morgan fingerprint density at radius 3 is 2.76 bits per heavy atom. The van der Waals surface area contributed by atoms with Crippen LogP contribution in [-0.4, -0.2) is 44.5 Å². The first-order valence-electron chi connectivity index (χ1n) is 7.12. The van der Waals surface area contributed by atoms with Gasteiger partial charge in [-0.1, -0.05) is 11.6 Å². The molecule has 0 saturated heterocycles. The lowest BCUT2D eigenvalue weighted by atomic mass is 10.0. The lowest BCUT2D eigenvalue weighted by molar-refractivity contribution is 0.0978. The van der Waals surface area contributed by atoms with Gasteiger partial charge in [0.25, 0.3) is 0 Å². The first-order valence-corrected chi connectivity index (χ1v) is 7.50. The molecule has 2 N–H and O–H groups in total. The zero-order valence-electron chi connectivity index (χ0n) is 12.8. The second-order valence-electron chi connectivity index (χ2n) is 5.31. The topological polar surface area (TPSA) is 57.0 Å². The van der Waals surface area contributed by atoms with E-state index in [0.717, 1.165) is 12.1 Å². The maximum atomic E-state index is 6.28. The van der Waals surface area contributed by atoms with Crippen LogP contribution in [0, 0.1) is 0 Å². The van der Waals surface area contributed by atoms with E-state index in [0.29, 0.717) is 35.7 Å². The fourth-order valence-corrected chi connectivity index (χ4v) is 2.89. The van der Waals surface area contributed by atoms with Gasteiger partial charge in [0.15, 0.2) is 11.5 Å². The monoisotopic (exact) mass is 314 g/mol. The smallest absolute Gasteiger partial charge is 0.231 e. The van der Waals surface area contributed by atoms with Crippen molar-refractivity contribution in [2.75, 3.05) is 33.6 Å². The number of fused-ring (bicyclic) bond motifs is 1. The molecule has 0 spiro atoms. The molecule has 2 rings (SSSR count). The minimum atomic E-state index is 0.0622. The van der Waals surface area contributed by atoms with Crippen LogP contribution < -0.4 is 15.2 Å². The Kier molecular flexibility index (Phi) is 5.70. The van der Waals surface area contributed by atoms with Gasteiger partial charge in [-0.25, -0.2) is 0 Å². The maximum Gasteiger partial charge on any atom is 0.231 e. The molecule has 0 saturated carbocycles. The number of methoxy groups -OCH3 is 1. The number of ether oxygens (including phenoxy) is 3. The number of nitrogens with two attached hydrogens (primary N) is 1. The molecule has 5 nitrogen and oxygen atoms in total. The van der Waals surface area contributed by atoms with E-state index in [9.17, 15) is 0 Å². The van der Waals surface area contributed by atoms with Crippen molar-refractivity contribution in [3.05, 3.63) is 22.7 Å². The molecule has 118 valence electrons. The molecule has 0 bridgehead atoms. The summed E-state index contributed by atoms with van der Waals surface area (Å²) in [5.41, 5.74) is 7.05. The molecule has 0 radical (unpaired) electrons. The van der Waals surface area contributed by atoms with Gasteiger partial charge in [0.05, 0.1) is 11.6 Å². The molecule has 1 aromatic rings. The first kappa shape index (κ1) is 16.4. The van der Waals surface area contributed by atoms with Gasteiger partial charge in [-0.2, -0.15) is 0 Å². The molecule has 1 aliphatic rings. The van der Waals surface area contributed by atoms with E-state index in [1.165, 1.54) is 0 Å². The van der Waals surface area contributed by atoms with Crippen LogP contribution in [0.3, 0.4) is 0 Å². The maximum absolute atomic E-state index is 6.28. The van der Waals surface area contributed by atoms with E-state index < -0.39 is 0 Å². The molecular weight excluding hydrogens is 292 g/mol. The zero-order chi connectivity index (χ0) is 15.4. The highest BCUT2D eigenvalue weighted by atomic mass is 35.5. The van der Waals surface area contributed by atoms with Crippen LogP contribution in [-0.2, 0) is 4.74 Å². The SMILES string of the molecule is COCCN(C(C)C)C(CN)c1cc(Cl)c2c(c1)OCO2. The van der Waals surface area contributed by atoms with Gasteiger partial charge in [0, 0.05) is 32.3 Å². The Morgan fingerprint density at radius 2 is 2.14 bits per heavy atom. The summed E-state index contributed by atoms with van der Waals surface area (Å²) in [5, 5.41) is 0.564. The molecule has 1 aromatic carbocycles. The van der Waals surface area contributed by atoms with Gasteiger partial charge >= 0.3 is 0 Å². The van der Waals surface area contributed by atoms with Crippen molar-refractivity contribution in [1.29, 1.82) is 0 Å². The predicted molar refractivity (Wildman–Crippen MR) is 83.1 cm³/mol. The highest BCUT2D eigenvalue weighted by molar-refractivity contribution is 6.32. The van der Waals surface area contributed by atoms with Gasteiger partial charge in [-0.15, -0.1) is 0 Å². The highest BCUT2D eigenvalue weighted by Gasteiger charge is 2.26. The third-order valence-corrected chi connectivity index (χ3v) is 3.96. The van der Waals surface area contributed by atoms with E-state index in [2.05, 4.69) is 18.7 Å². The molecule has 0 aliphatic carbocycles. The third-order valence-electron chi connectivity index (χ3n) is 3.67. The molecule has 0 amide bonds. The molecule has 1 heterocycles. The van der Waals surface area contributed by atoms with Gasteiger partial charge in [-0.05, 0) is 31.5 Å². The van der Waals surface area contributed by atoms with Crippen LogP contribution in [0.25, 0.3) is 0 Å². The summed E-state index contributed by atoms with van der Waals surface area (Å²) in [6.07, 6.45) is 0. The Bertz CT molecular complexity index is 482. The van der Waals surface area contributed by atoms with Crippen molar-refractivity contribution in [3.63, 3.8) is 0 Å². The largest absolute Gasteiger partial charge is 0.454 e. The number of nitrogens with zero attached hydrogens (tertiary/aromatic N) is 1. The quantitative estimate of drug-likeness (QED) is 0.837. The third kappa shape index (κ3) is 3.61. The van der Waals surface area contributed by atoms with Gasteiger partial charge in [0.1, 0.15) is 0 Å². The van der Waals surface area contributed by atoms with E-state index >= 15 is 0 Å². The second kappa shape index (κ2) is 7.31. The van der Waals surface area contributed by atoms with Gasteiger partial charge in [0.2, 0.25) is 6.79 Å². The Hall–Kier alpha value is -1.01. The van der Waals surface area contributed by atoms with Crippen LogP contribution >= 0.6 is 11.6 Å². The van der Waals surface area contributed by atoms with Crippen LogP contribution in [0.15, 0.2) is 12.1 Å². The zero-order valence-corrected chi connectivity index (χ0v) is 13.5. The fourth-order valence-electron chi connectivity index (χ4n) is 2.61. The Balaban J connectivity index is 2.29. The summed E-state index contributed by atoms with van der Waals surface area (Å²) >= 11 is 6.28. The molecular formula is C15H23ClN2O3. The summed E-state index contributed by atoms with van der Waals surface area (Å²) in [6.45, 7) is 6.47. The first-order chi connectivity index (χ1) is 10.1. The molecule has 1 aliphatic heterocycles. The van der Waals surface area contributed by atoms with Crippen LogP contribution in [0.5, 0.6) is 11.5 Å². The van der Waals surface area contributed by atoms with Crippen LogP contribution in [0.4, 0.5) is 0 Å². The van der Waals surface area contributed by atoms with Crippen molar-refractivity contribution < 1.29 is 14.2 Å². The number of hydrogen-bond donors (Lipinski definition) is 1. The van der Waals surface area contributed by atoms with Crippen molar-refractivity contribution in [1.82, 2.24) is 4.90 Å². The summed E-state index contributed by atoms with van der Waals surface area (Å²) in [4.78, 5) is 2.30. The average molecular weight is 315 g/mol. The number of hydrogen-bond acceptors (Lipinski definition) is 5. The number of rotatable bonds is 7. The predicted octanol–water partition coefficient (Wildman–Crippen LogP) is 2.43. The van der Waals surface area contributed by atoms with Crippen LogP contribution in [0.2, 0.25) is 5.02 Å². The fraction of sp³-hybridized carbons (Fsp3) is 0.600. The summed E-state index contributed by atoms with van der Waals surface area (Å²) in [5.74, 6) is 1.30. The summed E-state index contributed by atoms with van der Waals surface area (Å²) in [6, 6.07) is 4.29. The minimum absolute atomic E-state index is 0.0622. The second-order valence-corrected chi connectivity index (χ2v) is 5.72. The van der Waals surface area contributed by atoms with E-state index in [1.54, 1.807) is 7.11 Å². The van der Waals surface area contributed by atoms with E-state index in [4.69, 9.17) is 31.5 Å². The molecule has 0 aromatic heterocycles. The van der Waals surface area contributed by atoms with Crippen molar-refractivity contribution in [2.24, 2.45) is 5.73 Å². The molecule has 0 fully saturated rings. The molecule has 1 unspecified atom stereocenters. The summed E-state index contributed by atoms with van der Waals surface area (Å²) < 4.78 is 16.0. The Morgan fingerprint density at radius 1 is 1.38 bits per heavy atom. The highest BCUT2D eigenvalue weighted by Crippen LogP contribution is 2.41. The Labute approximate surface area is 130 Å². The normalized spacial score (nSPS) is 15.0. The van der Waals surface area contributed by atoms with Gasteiger partial charge < -0.3 is 19.9 Å². The lowest BCUT2D eigenvalue weighted by Crippen LogP contribution is -2.40. The number of halogens is 1. The number of benzene rings is 1. The molecule has 1 atom stereocenters. The molecule has 21 heavy (non-hydrogen) atoms. The van der Waals surface area contributed by atoms with E-state index in [-0.39, 0.29) is 12.8 Å².